The third-order valence-corrected chi connectivity index (χ3v) is 5.68. The lowest BCUT2D eigenvalue weighted by Crippen LogP contribution is -2.48. The third-order valence-electron chi connectivity index (χ3n) is 5.68. The maximum absolute atomic E-state index is 13.4. The highest BCUT2D eigenvalue weighted by Gasteiger charge is 2.23. The van der Waals surface area contributed by atoms with Crippen LogP contribution in [-0.4, -0.2) is 80.0 Å². The van der Waals surface area contributed by atoms with E-state index in [1.807, 2.05) is 38.1 Å². The zero-order valence-electron chi connectivity index (χ0n) is 19.8. The third kappa shape index (κ3) is 6.54. The summed E-state index contributed by atoms with van der Waals surface area (Å²) in [6.45, 7) is 5.95. The van der Waals surface area contributed by atoms with E-state index in [1.165, 1.54) is 30.2 Å². The van der Waals surface area contributed by atoms with E-state index >= 15 is 0 Å². The van der Waals surface area contributed by atoms with Crippen LogP contribution in [0.25, 0.3) is 0 Å². The van der Waals surface area contributed by atoms with Crippen LogP contribution in [0.2, 0.25) is 0 Å². The minimum atomic E-state index is -0.421. The molecule has 8 nitrogen and oxygen atoms in total. The first kappa shape index (κ1) is 25.2. The van der Waals surface area contributed by atoms with Gasteiger partial charge in [-0.15, -0.1) is 0 Å². The van der Waals surface area contributed by atoms with Gasteiger partial charge < -0.3 is 24.8 Å². The summed E-state index contributed by atoms with van der Waals surface area (Å²) >= 11 is 0. The molecule has 1 fully saturated rings. The average Bonchev–Trinajstić information content (AvgIpc) is 2.82. The zero-order valence-corrected chi connectivity index (χ0v) is 19.8. The number of ether oxygens (including phenoxy) is 1. The van der Waals surface area contributed by atoms with Gasteiger partial charge in [0.25, 0.3) is 5.91 Å². The smallest absolute Gasteiger partial charge is 0.254 e. The Bertz CT molecular complexity index is 1000. The quantitative estimate of drug-likeness (QED) is 0.642. The molecule has 0 atom stereocenters. The van der Waals surface area contributed by atoms with Crippen LogP contribution in [0.3, 0.4) is 0 Å². The van der Waals surface area contributed by atoms with Crippen molar-refractivity contribution in [2.45, 2.75) is 19.9 Å². The van der Waals surface area contributed by atoms with E-state index in [1.54, 1.807) is 11.0 Å². The molecule has 9 heteroatoms. The first-order valence-corrected chi connectivity index (χ1v) is 11.3. The van der Waals surface area contributed by atoms with E-state index < -0.39 is 5.82 Å². The number of amides is 3. The van der Waals surface area contributed by atoms with Crippen LogP contribution in [-0.2, 0) is 14.3 Å². The number of carbonyl (C=O) groups is 3. The second-order valence-corrected chi connectivity index (χ2v) is 8.43. The largest absolute Gasteiger partial charge is 0.375 e. The minimum absolute atomic E-state index is 0.0527. The molecule has 1 aliphatic heterocycles. The number of carbonyl (C=O) groups excluding carboxylic acids is 3. The van der Waals surface area contributed by atoms with Gasteiger partial charge in [-0.2, -0.15) is 0 Å². The molecule has 0 radical (unpaired) electrons. The SMILES string of the molecule is COCC(=O)N(CC(=O)Nc1ccc(N2CCN(C(=O)c3cccc(F)c3)CC2)cc1)C(C)C. The summed E-state index contributed by atoms with van der Waals surface area (Å²) in [4.78, 5) is 42.5. The monoisotopic (exact) mass is 470 g/mol. The molecule has 1 saturated heterocycles. The fraction of sp³-hybridized carbons (Fsp3) is 0.400. The van der Waals surface area contributed by atoms with Gasteiger partial charge in [0.2, 0.25) is 11.8 Å². The zero-order chi connectivity index (χ0) is 24.7. The molecule has 3 rings (SSSR count). The van der Waals surface area contributed by atoms with Gasteiger partial charge in [0.15, 0.2) is 0 Å². The number of rotatable bonds is 8. The highest BCUT2D eigenvalue weighted by atomic mass is 19.1. The van der Waals surface area contributed by atoms with Crippen molar-refractivity contribution < 1.29 is 23.5 Å². The van der Waals surface area contributed by atoms with Crippen molar-refractivity contribution in [2.75, 3.05) is 56.7 Å². The molecule has 3 amide bonds. The summed E-state index contributed by atoms with van der Waals surface area (Å²) < 4.78 is 18.3. The average molecular weight is 471 g/mol. The lowest BCUT2D eigenvalue weighted by molar-refractivity contribution is -0.139. The maximum atomic E-state index is 13.4. The number of anilines is 2. The van der Waals surface area contributed by atoms with Crippen molar-refractivity contribution in [3.8, 4) is 0 Å². The number of hydrogen-bond donors (Lipinski definition) is 1. The summed E-state index contributed by atoms with van der Waals surface area (Å²) in [5.41, 5.74) is 1.97. The Labute approximate surface area is 199 Å². The van der Waals surface area contributed by atoms with Gasteiger partial charge in [0.05, 0.1) is 0 Å². The summed E-state index contributed by atoms with van der Waals surface area (Å²) in [6.07, 6.45) is 0. The molecule has 1 aliphatic rings. The van der Waals surface area contributed by atoms with E-state index in [2.05, 4.69) is 10.2 Å². The molecule has 0 spiro atoms. The van der Waals surface area contributed by atoms with Gasteiger partial charge in [0.1, 0.15) is 19.0 Å². The van der Waals surface area contributed by atoms with Crippen molar-refractivity contribution in [2.24, 2.45) is 0 Å². The number of benzene rings is 2. The standard InChI is InChI=1S/C25H31FN4O4/c1-18(2)30(24(32)17-34-3)16-23(31)27-21-7-9-22(10-8-21)28-11-13-29(14-12-28)25(33)19-5-4-6-20(26)15-19/h4-10,15,18H,11-14,16-17H2,1-3H3,(H,27,31). The Hall–Kier alpha value is -3.46. The number of halogens is 1. The van der Waals surface area contributed by atoms with Crippen LogP contribution in [0.5, 0.6) is 0 Å². The van der Waals surface area contributed by atoms with E-state index in [0.717, 1.165) is 5.69 Å². The number of methoxy groups -OCH3 is 1. The van der Waals surface area contributed by atoms with Crippen LogP contribution < -0.4 is 10.2 Å². The van der Waals surface area contributed by atoms with Crippen molar-refractivity contribution >= 4 is 29.1 Å². The van der Waals surface area contributed by atoms with E-state index in [4.69, 9.17) is 4.74 Å². The van der Waals surface area contributed by atoms with Gasteiger partial charge in [-0.1, -0.05) is 6.07 Å². The molecule has 34 heavy (non-hydrogen) atoms. The lowest BCUT2D eigenvalue weighted by atomic mass is 10.1. The highest BCUT2D eigenvalue weighted by molar-refractivity contribution is 5.95. The van der Waals surface area contributed by atoms with E-state index in [-0.39, 0.29) is 36.9 Å². The molecule has 2 aromatic rings. The molecule has 0 bridgehead atoms. The molecular formula is C25H31FN4O4. The topological polar surface area (TPSA) is 82.2 Å². The Morgan fingerprint density at radius 3 is 2.32 bits per heavy atom. The Morgan fingerprint density at radius 1 is 1.06 bits per heavy atom. The molecule has 1 N–H and O–H groups in total. The van der Waals surface area contributed by atoms with Gasteiger partial charge in [0, 0.05) is 56.3 Å². The van der Waals surface area contributed by atoms with Crippen LogP contribution in [0.15, 0.2) is 48.5 Å². The molecule has 0 aromatic heterocycles. The predicted molar refractivity (Wildman–Crippen MR) is 128 cm³/mol. The van der Waals surface area contributed by atoms with Crippen LogP contribution in [0.1, 0.15) is 24.2 Å². The van der Waals surface area contributed by atoms with Crippen molar-refractivity contribution in [1.82, 2.24) is 9.80 Å². The Morgan fingerprint density at radius 2 is 1.74 bits per heavy atom. The summed E-state index contributed by atoms with van der Waals surface area (Å²) in [5.74, 6) is -1.11. The molecule has 0 saturated carbocycles. The number of nitrogens with one attached hydrogen (secondary N) is 1. The van der Waals surface area contributed by atoms with Crippen LogP contribution in [0.4, 0.5) is 15.8 Å². The fourth-order valence-corrected chi connectivity index (χ4v) is 3.85. The van der Waals surface area contributed by atoms with E-state index in [0.29, 0.717) is 37.4 Å². The van der Waals surface area contributed by atoms with Gasteiger partial charge in [-0.25, -0.2) is 4.39 Å². The van der Waals surface area contributed by atoms with Gasteiger partial charge in [-0.05, 0) is 56.3 Å². The van der Waals surface area contributed by atoms with Gasteiger partial charge >= 0.3 is 0 Å². The first-order chi connectivity index (χ1) is 16.3. The molecule has 182 valence electrons. The Kier molecular flexibility index (Phi) is 8.59. The van der Waals surface area contributed by atoms with Crippen molar-refractivity contribution in [3.63, 3.8) is 0 Å². The number of piperazine rings is 1. The van der Waals surface area contributed by atoms with Crippen LogP contribution in [0, 0.1) is 5.82 Å². The normalized spacial score (nSPS) is 13.7. The molecule has 1 heterocycles. The molecular weight excluding hydrogens is 439 g/mol. The minimum Gasteiger partial charge on any atom is -0.375 e. The van der Waals surface area contributed by atoms with Crippen LogP contribution >= 0.6 is 0 Å². The van der Waals surface area contributed by atoms with E-state index in [9.17, 15) is 18.8 Å². The first-order valence-electron chi connectivity index (χ1n) is 11.3. The fourth-order valence-electron chi connectivity index (χ4n) is 3.85. The maximum Gasteiger partial charge on any atom is 0.254 e. The Balaban J connectivity index is 1.52. The number of hydrogen-bond acceptors (Lipinski definition) is 5. The highest BCUT2D eigenvalue weighted by Crippen LogP contribution is 2.20. The second-order valence-electron chi connectivity index (χ2n) is 8.43. The lowest BCUT2D eigenvalue weighted by Gasteiger charge is -2.36. The predicted octanol–water partition coefficient (Wildman–Crippen LogP) is 2.61. The van der Waals surface area contributed by atoms with Gasteiger partial charge in [-0.3, -0.25) is 14.4 Å². The molecule has 0 unspecified atom stereocenters. The summed E-state index contributed by atoms with van der Waals surface area (Å²) in [7, 11) is 1.44. The van der Waals surface area contributed by atoms with Crippen molar-refractivity contribution in [1.29, 1.82) is 0 Å². The molecule has 2 aromatic carbocycles. The summed E-state index contributed by atoms with van der Waals surface area (Å²) in [6, 6.07) is 13.1. The van der Waals surface area contributed by atoms with Crippen molar-refractivity contribution in [3.05, 3.63) is 59.9 Å². The number of nitrogens with zero attached hydrogens (tertiary/aromatic N) is 3. The molecule has 0 aliphatic carbocycles. The second kappa shape index (κ2) is 11.6. The summed E-state index contributed by atoms with van der Waals surface area (Å²) in [5, 5.41) is 2.82.